The molecule has 0 N–H and O–H groups in total. The van der Waals surface area contributed by atoms with Gasteiger partial charge in [0, 0.05) is 44.4 Å². The van der Waals surface area contributed by atoms with Crippen molar-refractivity contribution in [2.24, 2.45) is 13.0 Å². The number of rotatable bonds is 3. The van der Waals surface area contributed by atoms with Crippen LogP contribution in [0.1, 0.15) is 43.7 Å². The van der Waals surface area contributed by atoms with Gasteiger partial charge in [0.05, 0.1) is 18.2 Å². The molecule has 118 valence electrons. The molecule has 0 aromatic carbocycles. The molecule has 1 aromatic heterocycles. The average molecular weight is 302 g/mol. The summed E-state index contributed by atoms with van der Waals surface area (Å²) >= 11 is 0. The van der Waals surface area contributed by atoms with Crippen LogP contribution in [0.5, 0.6) is 0 Å². The zero-order valence-corrected chi connectivity index (χ0v) is 12.9. The zero-order valence-electron chi connectivity index (χ0n) is 12.9. The maximum Gasteiger partial charge on any atom is 0.228 e. The van der Waals surface area contributed by atoms with Gasteiger partial charge in [0.1, 0.15) is 0 Å². The number of carbonyl (C=O) groups is 2. The number of likely N-dealkylation sites (tertiary alicyclic amines) is 2. The second-order valence-electron chi connectivity index (χ2n) is 6.82. The monoisotopic (exact) mass is 302 g/mol. The van der Waals surface area contributed by atoms with E-state index in [4.69, 9.17) is 0 Å². The summed E-state index contributed by atoms with van der Waals surface area (Å²) < 4.78 is 1.78. The third-order valence-electron chi connectivity index (χ3n) is 5.14. The quantitative estimate of drug-likeness (QED) is 0.840. The van der Waals surface area contributed by atoms with E-state index in [2.05, 4.69) is 5.10 Å². The minimum atomic E-state index is -0.148. The van der Waals surface area contributed by atoms with Crippen LogP contribution < -0.4 is 0 Å². The van der Waals surface area contributed by atoms with Crippen LogP contribution in [0.2, 0.25) is 0 Å². The second-order valence-corrected chi connectivity index (χ2v) is 6.82. The van der Waals surface area contributed by atoms with E-state index in [-0.39, 0.29) is 23.8 Å². The van der Waals surface area contributed by atoms with E-state index in [0.717, 1.165) is 37.8 Å². The zero-order chi connectivity index (χ0) is 15.3. The molecule has 0 spiro atoms. The van der Waals surface area contributed by atoms with Gasteiger partial charge in [-0.2, -0.15) is 5.10 Å². The van der Waals surface area contributed by atoms with Crippen LogP contribution >= 0.6 is 0 Å². The van der Waals surface area contributed by atoms with Gasteiger partial charge in [-0.05, 0) is 25.7 Å². The Labute approximate surface area is 130 Å². The Kier molecular flexibility index (Phi) is 3.20. The second kappa shape index (κ2) is 5.11. The molecule has 1 aliphatic carbocycles. The van der Waals surface area contributed by atoms with Crippen LogP contribution in [0.4, 0.5) is 0 Å². The van der Waals surface area contributed by atoms with E-state index in [1.807, 2.05) is 29.2 Å². The van der Waals surface area contributed by atoms with E-state index in [9.17, 15) is 9.59 Å². The Balaban J connectivity index is 1.48. The number of aromatic nitrogens is 2. The van der Waals surface area contributed by atoms with Crippen molar-refractivity contribution in [1.29, 1.82) is 0 Å². The molecule has 2 saturated heterocycles. The van der Waals surface area contributed by atoms with E-state index in [1.54, 1.807) is 4.68 Å². The Hall–Kier alpha value is -1.85. The van der Waals surface area contributed by atoms with Crippen LogP contribution in [0.15, 0.2) is 12.4 Å². The van der Waals surface area contributed by atoms with Gasteiger partial charge < -0.3 is 9.80 Å². The molecular formula is C16H22N4O2. The molecule has 1 aromatic rings. The average Bonchev–Trinajstić information content (AvgIpc) is 2.90. The molecule has 6 heteroatoms. The molecular weight excluding hydrogens is 280 g/mol. The lowest BCUT2D eigenvalue weighted by Crippen LogP contribution is -2.37. The number of hydrogen-bond donors (Lipinski definition) is 0. The van der Waals surface area contributed by atoms with Gasteiger partial charge >= 0.3 is 0 Å². The van der Waals surface area contributed by atoms with Gasteiger partial charge in [0.15, 0.2) is 0 Å². The topological polar surface area (TPSA) is 58.4 Å². The molecule has 2 aliphatic heterocycles. The lowest BCUT2D eigenvalue weighted by Gasteiger charge is -2.26. The van der Waals surface area contributed by atoms with E-state index >= 15 is 0 Å². The summed E-state index contributed by atoms with van der Waals surface area (Å²) in [5, 5.41) is 4.22. The predicted molar refractivity (Wildman–Crippen MR) is 79.7 cm³/mol. The predicted octanol–water partition coefficient (Wildman–Crippen LogP) is 1.09. The summed E-state index contributed by atoms with van der Waals surface area (Å²) in [6.07, 6.45) is 8.47. The maximum absolute atomic E-state index is 12.9. The fourth-order valence-electron chi connectivity index (χ4n) is 3.86. The standard InChI is InChI=1S/C16H22N4O2/c1-18-9-12(8-17-18)14-3-2-6-19(14)16(22)11-7-15(21)20(10-11)13-4-5-13/h8-9,11,13-14H,2-7,10H2,1H3/t11-,14-/m0/s1. The summed E-state index contributed by atoms with van der Waals surface area (Å²) in [4.78, 5) is 28.9. The largest absolute Gasteiger partial charge is 0.339 e. The van der Waals surface area contributed by atoms with E-state index < -0.39 is 0 Å². The van der Waals surface area contributed by atoms with Crippen LogP contribution in [0.25, 0.3) is 0 Å². The number of amides is 2. The summed E-state index contributed by atoms with van der Waals surface area (Å²) in [7, 11) is 1.90. The fourth-order valence-corrected chi connectivity index (χ4v) is 3.86. The summed E-state index contributed by atoms with van der Waals surface area (Å²) in [6.45, 7) is 1.42. The minimum Gasteiger partial charge on any atom is -0.339 e. The first-order valence-electron chi connectivity index (χ1n) is 8.22. The molecule has 0 radical (unpaired) electrons. The van der Waals surface area contributed by atoms with Crippen molar-refractivity contribution in [3.8, 4) is 0 Å². The first kappa shape index (κ1) is 13.8. The van der Waals surface area contributed by atoms with Gasteiger partial charge in [-0.15, -0.1) is 0 Å². The molecule has 2 atom stereocenters. The lowest BCUT2D eigenvalue weighted by molar-refractivity contribution is -0.136. The number of nitrogens with zero attached hydrogens (tertiary/aromatic N) is 4. The van der Waals surface area contributed by atoms with Crippen molar-refractivity contribution in [1.82, 2.24) is 19.6 Å². The van der Waals surface area contributed by atoms with Gasteiger partial charge in [-0.1, -0.05) is 0 Å². The molecule has 2 amide bonds. The van der Waals surface area contributed by atoms with Crippen LogP contribution in [0, 0.1) is 5.92 Å². The smallest absolute Gasteiger partial charge is 0.228 e. The molecule has 1 saturated carbocycles. The first-order valence-corrected chi connectivity index (χ1v) is 8.22. The van der Waals surface area contributed by atoms with Crippen LogP contribution in [-0.2, 0) is 16.6 Å². The Morgan fingerprint density at radius 2 is 2.14 bits per heavy atom. The number of carbonyl (C=O) groups excluding carboxylic acids is 2. The van der Waals surface area contributed by atoms with Gasteiger partial charge in [0.25, 0.3) is 0 Å². The molecule has 4 rings (SSSR count). The number of hydrogen-bond acceptors (Lipinski definition) is 3. The third-order valence-corrected chi connectivity index (χ3v) is 5.14. The van der Waals surface area contributed by atoms with Crippen molar-refractivity contribution in [2.45, 2.75) is 44.2 Å². The first-order chi connectivity index (χ1) is 10.6. The van der Waals surface area contributed by atoms with Crippen molar-refractivity contribution in [3.05, 3.63) is 18.0 Å². The molecule has 3 aliphatic rings. The molecule has 0 unspecified atom stereocenters. The highest BCUT2D eigenvalue weighted by molar-refractivity contribution is 5.90. The highest BCUT2D eigenvalue weighted by Gasteiger charge is 2.44. The molecule has 22 heavy (non-hydrogen) atoms. The van der Waals surface area contributed by atoms with Gasteiger partial charge in [-0.3, -0.25) is 14.3 Å². The lowest BCUT2D eigenvalue weighted by atomic mass is 10.0. The van der Waals surface area contributed by atoms with Gasteiger partial charge in [0.2, 0.25) is 11.8 Å². The summed E-state index contributed by atoms with van der Waals surface area (Å²) in [6, 6.07) is 0.546. The molecule has 0 bridgehead atoms. The number of aryl methyl sites for hydroxylation is 1. The Morgan fingerprint density at radius 3 is 2.82 bits per heavy atom. The van der Waals surface area contributed by atoms with Crippen molar-refractivity contribution >= 4 is 11.8 Å². The fraction of sp³-hybridized carbons (Fsp3) is 0.688. The third kappa shape index (κ3) is 2.30. The molecule has 3 fully saturated rings. The van der Waals surface area contributed by atoms with Crippen molar-refractivity contribution in [2.75, 3.05) is 13.1 Å². The van der Waals surface area contributed by atoms with E-state index in [0.29, 0.717) is 19.0 Å². The SMILES string of the molecule is Cn1cc([C@@H]2CCCN2C(=O)[C@H]2CC(=O)N(C3CC3)C2)cn1. The van der Waals surface area contributed by atoms with Crippen LogP contribution in [-0.4, -0.2) is 50.5 Å². The summed E-state index contributed by atoms with van der Waals surface area (Å²) in [5.41, 5.74) is 1.11. The highest BCUT2D eigenvalue weighted by Crippen LogP contribution is 2.37. The molecule has 3 heterocycles. The Morgan fingerprint density at radius 1 is 1.32 bits per heavy atom. The van der Waals surface area contributed by atoms with Crippen molar-refractivity contribution < 1.29 is 9.59 Å². The van der Waals surface area contributed by atoms with E-state index in [1.165, 1.54) is 0 Å². The van der Waals surface area contributed by atoms with Gasteiger partial charge in [-0.25, -0.2) is 0 Å². The normalized spacial score (nSPS) is 28.7. The molecule has 6 nitrogen and oxygen atoms in total. The minimum absolute atomic E-state index is 0.131. The van der Waals surface area contributed by atoms with Crippen molar-refractivity contribution in [3.63, 3.8) is 0 Å². The van der Waals surface area contributed by atoms with Crippen LogP contribution in [0.3, 0.4) is 0 Å². The highest BCUT2D eigenvalue weighted by atomic mass is 16.2. The summed E-state index contributed by atoms with van der Waals surface area (Å²) in [5.74, 6) is 0.172. The Bertz CT molecular complexity index is 607. The maximum atomic E-state index is 12.9.